The first kappa shape index (κ1) is 14.9. The van der Waals surface area contributed by atoms with Crippen molar-refractivity contribution in [3.8, 4) is 6.07 Å². The van der Waals surface area contributed by atoms with Gasteiger partial charge in [-0.1, -0.05) is 6.07 Å². The maximum atomic E-state index is 13.8. The second-order valence-corrected chi connectivity index (χ2v) is 5.22. The van der Waals surface area contributed by atoms with Crippen molar-refractivity contribution in [2.24, 2.45) is 0 Å². The zero-order valence-corrected chi connectivity index (χ0v) is 11.8. The van der Waals surface area contributed by atoms with Crippen LogP contribution in [0.2, 0.25) is 0 Å². The molecule has 1 fully saturated rings. The Bertz CT molecular complexity index is 504. The fourth-order valence-electron chi connectivity index (χ4n) is 2.63. The van der Waals surface area contributed by atoms with Crippen molar-refractivity contribution < 1.29 is 8.78 Å². The van der Waals surface area contributed by atoms with Crippen LogP contribution in [0.25, 0.3) is 0 Å². The van der Waals surface area contributed by atoms with Gasteiger partial charge in [-0.2, -0.15) is 5.26 Å². The largest absolute Gasteiger partial charge is 0.294 e. The second kappa shape index (κ2) is 6.29. The number of piperazine rings is 1. The summed E-state index contributed by atoms with van der Waals surface area (Å²) in [7, 11) is 0. The topological polar surface area (TPSA) is 30.3 Å². The molecule has 0 aromatic heterocycles. The number of nitrogens with zero attached hydrogens (tertiary/aromatic N) is 3. The molecule has 0 amide bonds. The van der Waals surface area contributed by atoms with Gasteiger partial charge in [-0.3, -0.25) is 9.80 Å². The molecule has 1 aliphatic rings. The van der Waals surface area contributed by atoms with Crippen LogP contribution in [0.4, 0.5) is 8.78 Å². The summed E-state index contributed by atoms with van der Waals surface area (Å²) in [6, 6.07) is 5.79. The van der Waals surface area contributed by atoms with E-state index in [1.165, 1.54) is 12.1 Å². The summed E-state index contributed by atoms with van der Waals surface area (Å²) < 4.78 is 26.7. The predicted molar refractivity (Wildman–Crippen MR) is 73.0 cm³/mol. The summed E-state index contributed by atoms with van der Waals surface area (Å²) in [4.78, 5) is 4.28. The van der Waals surface area contributed by atoms with Gasteiger partial charge in [0.1, 0.15) is 11.6 Å². The van der Waals surface area contributed by atoms with Crippen LogP contribution in [-0.4, -0.2) is 42.0 Å². The second-order valence-electron chi connectivity index (χ2n) is 5.22. The van der Waals surface area contributed by atoms with E-state index in [0.717, 1.165) is 32.2 Å². The van der Waals surface area contributed by atoms with Crippen LogP contribution in [0.1, 0.15) is 25.5 Å². The molecule has 0 N–H and O–H groups in total. The Morgan fingerprint density at radius 2 is 1.70 bits per heavy atom. The summed E-state index contributed by atoms with van der Waals surface area (Å²) >= 11 is 0. The highest BCUT2D eigenvalue weighted by atomic mass is 19.1. The standard InChI is InChI=1S/C15H19F2N3/c1-11(10-18)19-5-7-20(8-6-19)12(2)14-4-3-13(16)9-15(14)17/h3-4,9,11-12H,5-8H2,1-2H3/t11-,12-/m1/s1. The van der Waals surface area contributed by atoms with Crippen molar-refractivity contribution in [3.63, 3.8) is 0 Å². The lowest BCUT2D eigenvalue weighted by atomic mass is 10.0. The number of nitriles is 1. The van der Waals surface area contributed by atoms with Crippen molar-refractivity contribution in [3.05, 3.63) is 35.4 Å². The summed E-state index contributed by atoms with van der Waals surface area (Å²) in [6.07, 6.45) is 0. The molecule has 0 aliphatic carbocycles. The van der Waals surface area contributed by atoms with E-state index < -0.39 is 11.6 Å². The highest BCUT2D eigenvalue weighted by Crippen LogP contribution is 2.24. The molecule has 0 saturated carbocycles. The minimum Gasteiger partial charge on any atom is -0.294 e. The smallest absolute Gasteiger partial charge is 0.130 e. The van der Waals surface area contributed by atoms with E-state index in [4.69, 9.17) is 5.26 Å². The minimum atomic E-state index is -0.550. The number of benzene rings is 1. The van der Waals surface area contributed by atoms with E-state index >= 15 is 0 Å². The number of halogens is 2. The van der Waals surface area contributed by atoms with Crippen LogP contribution in [0.15, 0.2) is 18.2 Å². The van der Waals surface area contributed by atoms with Crippen LogP contribution < -0.4 is 0 Å². The molecule has 2 rings (SSSR count). The molecule has 1 saturated heterocycles. The van der Waals surface area contributed by atoms with Gasteiger partial charge in [-0.15, -0.1) is 0 Å². The maximum absolute atomic E-state index is 13.8. The molecule has 2 atom stereocenters. The van der Waals surface area contributed by atoms with E-state index in [2.05, 4.69) is 15.9 Å². The van der Waals surface area contributed by atoms with Gasteiger partial charge in [-0.05, 0) is 19.9 Å². The van der Waals surface area contributed by atoms with E-state index in [1.807, 2.05) is 13.8 Å². The van der Waals surface area contributed by atoms with Gasteiger partial charge >= 0.3 is 0 Å². The Morgan fingerprint density at radius 1 is 1.10 bits per heavy atom. The molecule has 1 aromatic rings. The molecule has 1 heterocycles. The molecular formula is C15H19F2N3. The number of hydrogen-bond acceptors (Lipinski definition) is 3. The van der Waals surface area contributed by atoms with E-state index in [-0.39, 0.29) is 12.1 Å². The van der Waals surface area contributed by atoms with E-state index in [1.54, 1.807) is 0 Å². The fourth-order valence-corrected chi connectivity index (χ4v) is 2.63. The van der Waals surface area contributed by atoms with Gasteiger partial charge in [-0.25, -0.2) is 8.78 Å². The van der Waals surface area contributed by atoms with Crippen molar-refractivity contribution in [2.45, 2.75) is 25.9 Å². The van der Waals surface area contributed by atoms with E-state index in [9.17, 15) is 8.78 Å². The molecule has 0 spiro atoms. The van der Waals surface area contributed by atoms with E-state index in [0.29, 0.717) is 5.56 Å². The molecule has 1 aliphatic heterocycles. The highest BCUT2D eigenvalue weighted by Gasteiger charge is 2.25. The van der Waals surface area contributed by atoms with Crippen LogP contribution in [0.3, 0.4) is 0 Å². The zero-order chi connectivity index (χ0) is 14.7. The number of hydrogen-bond donors (Lipinski definition) is 0. The van der Waals surface area contributed by atoms with Crippen LogP contribution >= 0.6 is 0 Å². The Balaban J connectivity index is 2.01. The number of rotatable bonds is 3. The van der Waals surface area contributed by atoms with Crippen LogP contribution in [0.5, 0.6) is 0 Å². The average molecular weight is 279 g/mol. The molecule has 20 heavy (non-hydrogen) atoms. The normalized spacial score (nSPS) is 20.4. The molecule has 3 nitrogen and oxygen atoms in total. The van der Waals surface area contributed by atoms with Gasteiger partial charge in [0.05, 0.1) is 12.1 Å². The molecule has 5 heteroatoms. The third-order valence-electron chi connectivity index (χ3n) is 4.04. The van der Waals surface area contributed by atoms with Gasteiger partial charge in [0.2, 0.25) is 0 Å². The summed E-state index contributed by atoms with van der Waals surface area (Å²) in [6.45, 7) is 6.97. The lowest BCUT2D eigenvalue weighted by molar-refractivity contribution is 0.0906. The van der Waals surface area contributed by atoms with Crippen LogP contribution in [-0.2, 0) is 0 Å². The van der Waals surface area contributed by atoms with Gasteiger partial charge in [0.15, 0.2) is 0 Å². The fraction of sp³-hybridized carbons (Fsp3) is 0.533. The Hall–Kier alpha value is -1.51. The Kier molecular flexibility index (Phi) is 4.69. The van der Waals surface area contributed by atoms with Crippen molar-refractivity contribution in [1.29, 1.82) is 5.26 Å². The first-order valence-electron chi connectivity index (χ1n) is 6.85. The predicted octanol–water partition coefficient (Wildman–Crippen LogP) is 2.56. The molecule has 0 radical (unpaired) electrons. The van der Waals surface area contributed by atoms with Crippen molar-refractivity contribution in [1.82, 2.24) is 9.80 Å². The van der Waals surface area contributed by atoms with Gasteiger partial charge in [0, 0.05) is 43.9 Å². The third-order valence-corrected chi connectivity index (χ3v) is 4.04. The Labute approximate surface area is 118 Å². The first-order chi connectivity index (χ1) is 9.52. The highest BCUT2D eigenvalue weighted by molar-refractivity contribution is 5.22. The monoisotopic (exact) mass is 279 g/mol. The van der Waals surface area contributed by atoms with Gasteiger partial charge in [0.25, 0.3) is 0 Å². The van der Waals surface area contributed by atoms with Crippen molar-refractivity contribution in [2.75, 3.05) is 26.2 Å². The molecule has 0 unspecified atom stereocenters. The zero-order valence-electron chi connectivity index (χ0n) is 11.8. The molecule has 1 aromatic carbocycles. The SMILES string of the molecule is C[C@H](C#N)N1CCN([C@H](C)c2ccc(F)cc2F)CC1. The van der Waals surface area contributed by atoms with Crippen LogP contribution in [0, 0.1) is 23.0 Å². The minimum absolute atomic E-state index is 0.0878. The maximum Gasteiger partial charge on any atom is 0.130 e. The van der Waals surface area contributed by atoms with Crippen molar-refractivity contribution >= 4 is 0 Å². The average Bonchev–Trinajstić information content (AvgIpc) is 2.46. The molecular weight excluding hydrogens is 260 g/mol. The summed E-state index contributed by atoms with van der Waals surface area (Å²) in [5.74, 6) is -1.04. The first-order valence-corrected chi connectivity index (χ1v) is 6.85. The quantitative estimate of drug-likeness (QED) is 0.852. The Morgan fingerprint density at radius 3 is 2.25 bits per heavy atom. The van der Waals surface area contributed by atoms with Gasteiger partial charge < -0.3 is 0 Å². The lowest BCUT2D eigenvalue weighted by Gasteiger charge is -2.39. The summed E-state index contributed by atoms with van der Waals surface area (Å²) in [5.41, 5.74) is 0.521. The lowest BCUT2D eigenvalue weighted by Crippen LogP contribution is -2.49. The summed E-state index contributed by atoms with van der Waals surface area (Å²) in [5, 5.41) is 8.91. The molecule has 0 bridgehead atoms. The molecule has 108 valence electrons. The third kappa shape index (κ3) is 3.14.